The van der Waals surface area contributed by atoms with Crippen LogP contribution in [0.4, 0.5) is 0 Å². The summed E-state index contributed by atoms with van der Waals surface area (Å²) in [6, 6.07) is 10.2. The number of thiazole rings is 1. The van der Waals surface area contributed by atoms with Gasteiger partial charge < -0.3 is 9.30 Å². The Morgan fingerprint density at radius 1 is 1.19 bits per heavy atom. The molecular formula is C18H13BrCl2N2O3S. The molecular weight excluding hydrogens is 475 g/mol. The molecule has 1 heterocycles. The van der Waals surface area contributed by atoms with Crippen molar-refractivity contribution in [3.8, 4) is 0 Å². The minimum atomic E-state index is -0.498. The van der Waals surface area contributed by atoms with Crippen LogP contribution in [-0.2, 0) is 16.1 Å². The molecule has 0 aliphatic heterocycles. The zero-order valence-electron chi connectivity index (χ0n) is 14.0. The number of benzene rings is 2. The molecule has 0 fully saturated rings. The predicted molar refractivity (Wildman–Crippen MR) is 111 cm³/mol. The third-order valence-electron chi connectivity index (χ3n) is 3.54. The van der Waals surface area contributed by atoms with Crippen molar-refractivity contribution < 1.29 is 14.3 Å². The molecule has 9 heteroatoms. The first kappa shape index (κ1) is 20.1. The molecule has 3 rings (SSSR count). The maximum atomic E-state index is 12.6. The van der Waals surface area contributed by atoms with Gasteiger partial charge in [0, 0.05) is 20.1 Å². The standard InChI is InChI=1S/C18H13BrCl2N2O3S/c1-2-26-16(24)9-23-14-4-3-11(19)7-15(14)27-18(23)22-17(25)10-5-12(20)8-13(21)6-10/h3-8H,2,9H2,1H3. The van der Waals surface area contributed by atoms with Gasteiger partial charge in [0.15, 0.2) is 4.80 Å². The van der Waals surface area contributed by atoms with E-state index in [1.165, 1.54) is 29.5 Å². The zero-order chi connectivity index (χ0) is 19.6. The van der Waals surface area contributed by atoms with Crippen LogP contribution in [0.1, 0.15) is 17.3 Å². The van der Waals surface area contributed by atoms with E-state index in [0.29, 0.717) is 14.8 Å². The van der Waals surface area contributed by atoms with Gasteiger partial charge in [-0.15, -0.1) is 0 Å². The highest BCUT2D eigenvalue weighted by molar-refractivity contribution is 9.10. The van der Waals surface area contributed by atoms with Crippen molar-refractivity contribution in [2.75, 3.05) is 6.61 Å². The molecule has 1 amide bonds. The summed E-state index contributed by atoms with van der Waals surface area (Å²) in [6.07, 6.45) is 0. The Balaban J connectivity index is 2.12. The van der Waals surface area contributed by atoms with Crippen LogP contribution in [0.2, 0.25) is 10.0 Å². The molecule has 0 aliphatic rings. The molecule has 0 radical (unpaired) electrons. The van der Waals surface area contributed by atoms with Crippen molar-refractivity contribution in [3.05, 3.63) is 61.3 Å². The fraction of sp³-hybridized carbons (Fsp3) is 0.167. The summed E-state index contributed by atoms with van der Waals surface area (Å²) in [5.41, 5.74) is 1.06. The van der Waals surface area contributed by atoms with Crippen LogP contribution in [0.5, 0.6) is 0 Å². The predicted octanol–water partition coefficient (Wildman–Crippen LogP) is 5.08. The van der Waals surface area contributed by atoms with Gasteiger partial charge in [-0.3, -0.25) is 9.59 Å². The highest BCUT2D eigenvalue weighted by atomic mass is 79.9. The molecule has 3 aromatic rings. The first-order valence-corrected chi connectivity index (χ1v) is 10.2. The lowest BCUT2D eigenvalue weighted by molar-refractivity contribution is -0.143. The lowest BCUT2D eigenvalue weighted by atomic mass is 10.2. The van der Waals surface area contributed by atoms with Gasteiger partial charge in [-0.05, 0) is 43.3 Å². The van der Waals surface area contributed by atoms with E-state index in [2.05, 4.69) is 20.9 Å². The van der Waals surface area contributed by atoms with Crippen LogP contribution in [0.3, 0.4) is 0 Å². The molecule has 2 aromatic carbocycles. The van der Waals surface area contributed by atoms with E-state index in [4.69, 9.17) is 27.9 Å². The number of nitrogens with zero attached hydrogens (tertiary/aromatic N) is 2. The molecule has 0 spiro atoms. The molecule has 5 nitrogen and oxygen atoms in total. The van der Waals surface area contributed by atoms with Gasteiger partial charge in [-0.2, -0.15) is 4.99 Å². The first-order valence-electron chi connectivity index (χ1n) is 7.87. The molecule has 0 N–H and O–H groups in total. The average molecular weight is 488 g/mol. The molecule has 0 saturated carbocycles. The zero-order valence-corrected chi connectivity index (χ0v) is 18.0. The molecule has 1 aromatic heterocycles. The Morgan fingerprint density at radius 3 is 2.56 bits per heavy atom. The largest absolute Gasteiger partial charge is 0.465 e. The van der Waals surface area contributed by atoms with Crippen molar-refractivity contribution in [1.82, 2.24) is 4.57 Å². The topological polar surface area (TPSA) is 60.7 Å². The minimum absolute atomic E-state index is 0.0438. The van der Waals surface area contributed by atoms with Crippen LogP contribution in [-0.4, -0.2) is 23.1 Å². The number of amides is 1. The molecule has 0 saturated heterocycles. The second-order valence-corrected chi connectivity index (χ2v) is 8.26. The molecule has 140 valence electrons. The van der Waals surface area contributed by atoms with Crippen LogP contribution >= 0.6 is 50.5 Å². The number of hydrogen-bond donors (Lipinski definition) is 0. The van der Waals surface area contributed by atoms with Crippen molar-refractivity contribution in [2.45, 2.75) is 13.5 Å². The number of carbonyl (C=O) groups is 2. The van der Waals surface area contributed by atoms with Gasteiger partial charge in [0.2, 0.25) is 0 Å². The quantitative estimate of drug-likeness (QED) is 0.482. The Labute approximate surface area is 177 Å². The van der Waals surface area contributed by atoms with Crippen molar-refractivity contribution in [1.29, 1.82) is 0 Å². The fourth-order valence-electron chi connectivity index (χ4n) is 2.45. The Morgan fingerprint density at radius 2 is 1.89 bits per heavy atom. The number of aromatic nitrogens is 1. The van der Waals surface area contributed by atoms with E-state index < -0.39 is 11.9 Å². The summed E-state index contributed by atoms with van der Waals surface area (Å²) in [5, 5.41) is 0.696. The van der Waals surface area contributed by atoms with Gasteiger partial charge in [0.25, 0.3) is 5.91 Å². The van der Waals surface area contributed by atoms with Crippen LogP contribution in [0.15, 0.2) is 45.9 Å². The third-order valence-corrected chi connectivity index (χ3v) is 5.51. The van der Waals surface area contributed by atoms with Crippen LogP contribution < -0.4 is 4.80 Å². The van der Waals surface area contributed by atoms with Crippen LogP contribution in [0, 0.1) is 0 Å². The normalized spacial score (nSPS) is 11.8. The van der Waals surface area contributed by atoms with E-state index >= 15 is 0 Å². The van der Waals surface area contributed by atoms with E-state index in [-0.39, 0.29) is 18.7 Å². The summed E-state index contributed by atoms with van der Waals surface area (Å²) < 4.78 is 8.47. The summed E-state index contributed by atoms with van der Waals surface area (Å²) in [4.78, 5) is 29.2. The number of esters is 1. The van der Waals surface area contributed by atoms with Gasteiger partial charge >= 0.3 is 5.97 Å². The molecule has 0 aliphatic carbocycles. The Hall–Kier alpha value is -1.67. The second kappa shape index (κ2) is 8.56. The third kappa shape index (κ3) is 4.79. The minimum Gasteiger partial charge on any atom is -0.465 e. The molecule has 0 bridgehead atoms. The van der Waals surface area contributed by atoms with Crippen molar-refractivity contribution >= 4 is 72.6 Å². The molecule has 0 atom stereocenters. The van der Waals surface area contributed by atoms with E-state index in [0.717, 1.165) is 14.7 Å². The van der Waals surface area contributed by atoms with Crippen LogP contribution in [0.25, 0.3) is 10.2 Å². The maximum Gasteiger partial charge on any atom is 0.326 e. The highest BCUT2D eigenvalue weighted by Gasteiger charge is 2.14. The Kier molecular flexibility index (Phi) is 6.37. The molecule has 27 heavy (non-hydrogen) atoms. The summed E-state index contributed by atoms with van der Waals surface area (Å²) >= 11 is 16.7. The maximum absolute atomic E-state index is 12.6. The van der Waals surface area contributed by atoms with Gasteiger partial charge in [-0.25, -0.2) is 0 Å². The van der Waals surface area contributed by atoms with Gasteiger partial charge in [0.05, 0.1) is 16.8 Å². The number of fused-ring (bicyclic) bond motifs is 1. The van der Waals surface area contributed by atoms with E-state index in [1.807, 2.05) is 18.2 Å². The number of carbonyl (C=O) groups excluding carboxylic acids is 2. The van der Waals surface area contributed by atoms with E-state index in [9.17, 15) is 9.59 Å². The van der Waals surface area contributed by atoms with Gasteiger partial charge in [-0.1, -0.05) is 50.5 Å². The van der Waals surface area contributed by atoms with Crippen molar-refractivity contribution in [2.24, 2.45) is 4.99 Å². The average Bonchev–Trinajstić information content (AvgIpc) is 2.90. The summed E-state index contributed by atoms with van der Waals surface area (Å²) in [7, 11) is 0. The van der Waals surface area contributed by atoms with Gasteiger partial charge in [0.1, 0.15) is 6.54 Å². The molecule has 0 unspecified atom stereocenters. The number of ether oxygens (including phenoxy) is 1. The highest BCUT2D eigenvalue weighted by Crippen LogP contribution is 2.23. The number of rotatable bonds is 4. The second-order valence-electron chi connectivity index (χ2n) is 5.46. The van der Waals surface area contributed by atoms with E-state index in [1.54, 1.807) is 11.5 Å². The monoisotopic (exact) mass is 486 g/mol. The smallest absolute Gasteiger partial charge is 0.326 e. The first-order chi connectivity index (χ1) is 12.9. The number of halogens is 3. The van der Waals surface area contributed by atoms with Crippen molar-refractivity contribution in [3.63, 3.8) is 0 Å². The number of hydrogen-bond acceptors (Lipinski definition) is 4. The summed E-state index contributed by atoms with van der Waals surface area (Å²) in [6.45, 7) is 1.97. The SMILES string of the molecule is CCOC(=O)Cn1c(=NC(=O)c2cc(Cl)cc(Cl)c2)sc2cc(Br)ccc21. The Bertz CT molecular complexity index is 1090. The lowest BCUT2D eigenvalue weighted by Gasteiger charge is -2.05. The fourth-order valence-corrected chi connectivity index (χ4v) is 4.56. The lowest BCUT2D eigenvalue weighted by Crippen LogP contribution is -2.23. The summed E-state index contributed by atoms with van der Waals surface area (Å²) in [5.74, 6) is -0.901.